The van der Waals surface area contributed by atoms with E-state index in [9.17, 15) is 9.59 Å². The third kappa shape index (κ3) is 4.22. The Morgan fingerprint density at radius 1 is 1.34 bits per heavy atom. The molecule has 2 aliphatic rings. The van der Waals surface area contributed by atoms with Crippen molar-refractivity contribution in [2.45, 2.75) is 37.3 Å². The van der Waals surface area contributed by atoms with Crippen LogP contribution in [0.4, 0.5) is 16.2 Å². The van der Waals surface area contributed by atoms with Crippen LogP contribution in [-0.2, 0) is 4.79 Å². The van der Waals surface area contributed by atoms with E-state index >= 15 is 0 Å². The largest absolute Gasteiger partial charge is 0.429 e. The second kappa shape index (κ2) is 9.30. The molecule has 2 N–H and O–H groups in total. The first kappa shape index (κ1) is 22.3. The van der Waals surface area contributed by atoms with Gasteiger partial charge in [-0.3, -0.25) is 9.69 Å². The molecule has 0 radical (unpaired) electrons. The van der Waals surface area contributed by atoms with Crippen LogP contribution in [0.2, 0.25) is 0 Å². The highest BCUT2D eigenvalue weighted by Crippen LogP contribution is 2.41. The number of nitrogens with zero attached hydrogens (tertiary/aromatic N) is 2. The van der Waals surface area contributed by atoms with E-state index in [1.54, 1.807) is 23.2 Å². The molecule has 4 rings (SSSR count). The molecule has 3 amide bonds. The average Bonchev–Trinajstić information content (AvgIpc) is 3.20. The fraction of sp³-hybridized carbons (Fsp3) is 0.261. The number of benzene rings is 1. The Labute approximate surface area is 198 Å². The van der Waals surface area contributed by atoms with Gasteiger partial charge in [0.25, 0.3) is 0 Å². The number of nitrogens with one attached hydrogen (secondary N) is 2. The minimum atomic E-state index is -0.282. The van der Waals surface area contributed by atoms with Crippen molar-refractivity contribution in [3.05, 3.63) is 60.3 Å². The number of carbonyl (C=O) groups is 2. The van der Waals surface area contributed by atoms with Crippen LogP contribution in [0, 0.1) is 12.8 Å². The van der Waals surface area contributed by atoms with E-state index in [2.05, 4.69) is 47.7 Å². The lowest BCUT2D eigenvalue weighted by molar-refractivity contribution is -0.117. The van der Waals surface area contributed by atoms with Crippen molar-refractivity contribution in [3.63, 3.8) is 0 Å². The van der Waals surface area contributed by atoms with Crippen LogP contribution >= 0.6 is 25.5 Å². The van der Waals surface area contributed by atoms with Crippen LogP contribution in [0.25, 0.3) is 5.70 Å². The van der Waals surface area contributed by atoms with E-state index in [4.69, 9.17) is 4.18 Å². The Morgan fingerprint density at radius 3 is 2.88 bits per heavy atom. The summed E-state index contributed by atoms with van der Waals surface area (Å²) in [6, 6.07) is 6.89. The molecular formula is C23H24N4O3S2. The van der Waals surface area contributed by atoms with Gasteiger partial charge >= 0.3 is 6.03 Å². The van der Waals surface area contributed by atoms with Gasteiger partial charge in [0, 0.05) is 25.1 Å². The number of amides is 3. The number of aromatic nitrogens is 1. The number of hydrogen-bond acceptors (Lipinski definition) is 6. The normalized spacial score (nSPS) is 21.2. The van der Waals surface area contributed by atoms with Gasteiger partial charge in [0.05, 0.1) is 22.6 Å². The lowest BCUT2D eigenvalue weighted by Crippen LogP contribution is -2.42. The quantitative estimate of drug-likeness (QED) is 0.294. The molecule has 166 valence electrons. The van der Waals surface area contributed by atoms with Crippen molar-refractivity contribution < 1.29 is 13.8 Å². The molecule has 2 heterocycles. The van der Waals surface area contributed by atoms with E-state index in [0.29, 0.717) is 27.8 Å². The molecule has 0 spiro atoms. The molecule has 2 atom stereocenters. The smallest absolute Gasteiger partial charge is 0.330 e. The van der Waals surface area contributed by atoms with Gasteiger partial charge in [0.2, 0.25) is 5.91 Å². The lowest BCUT2D eigenvalue weighted by atomic mass is 9.98. The number of fused-ring (bicyclic) bond motifs is 1. The molecular weight excluding hydrogens is 444 g/mol. The molecule has 1 aromatic heterocycles. The zero-order valence-corrected chi connectivity index (χ0v) is 19.3. The number of aryl methyl sites for hydroxylation is 1. The predicted molar refractivity (Wildman–Crippen MR) is 130 cm³/mol. The second-order valence-corrected chi connectivity index (χ2v) is 8.43. The van der Waals surface area contributed by atoms with Gasteiger partial charge in [0.15, 0.2) is 0 Å². The highest BCUT2D eigenvalue weighted by atomic mass is 32.1. The second-order valence-electron chi connectivity index (χ2n) is 7.83. The van der Waals surface area contributed by atoms with Crippen molar-refractivity contribution in [3.8, 4) is 5.75 Å². The van der Waals surface area contributed by atoms with Crippen molar-refractivity contribution in [1.29, 1.82) is 0 Å². The third-order valence-electron chi connectivity index (χ3n) is 5.84. The van der Waals surface area contributed by atoms with Crippen LogP contribution in [0.15, 0.2) is 54.2 Å². The van der Waals surface area contributed by atoms with Gasteiger partial charge < -0.3 is 14.8 Å². The minimum Gasteiger partial charge on any atom is -0.429 e. The number of rotatable bonds is 5. The van der Waals surface area contributed by atoms with Gasteiger partial charge in [-0.05, 0) is 61.6 Å². The molecule has 1 aromatic carbocycles. The van der Waals surface area contributed by atoms with Crippen LogP contribution in [0.5, 0.6) is 5.75 Å². The van der Waals surface area contributed by atoms with Crippen molar-refractivity contribution >= 4 is 54.5 Å². The van der Waals surface area contributed by atoms with Crippen LogP contribution in [-0.4, -0.2) is 23.0 Å². The summed E-state index contributed by atoms with van der Waals surface area (Å²) in [5, 5.41) is 6.52. The van der Waals surface area contributed by atoms with Gasteiger partial charge in [-0.15, -0.1) is 12.6 Å². The Kier molecular flexibility index (Phi) is 6.48. The molecule has 1 fully saturated rings. The van der Waals surface area contributed by atoms with E-state index in [1.807, 2.05) is 25.1 Å². The molecule has 0 saturated heterocycles. The summed E-state index contributed by atoms with van der Waals surface area (Å²) < 4.78 is 5.00. The Bertz CT molecular complexity index is 1120. The number of carbonyl (C=O) groups excluding carboxylic acids is 2. The Hall–Kier alpha value is -2.91. The number of urea groups is 1. The fourth-order valence-electron chi connectivity index (χ4n) is 4.35. The van der Waals surface area contributed by atoms with Gasteiger partial charge in [0.1, 0.15) is 10.8 Å². The summed E-state index contributed by atoms with van der Waals surface area (Å²) in [6.07, 6.45) is 7.70. The summed E-state index contributed by atoms with van der Waals surface area (Å²) >= 11 is 8.43. The topological polar surface area (TPSA) is 83.6 Å². The molecule has 2 aromatic rings. The fourth-order valence-corrected chi connectivity index (χ4v) is 4.77. The molecule has 2 unspecified atom stereocenters. The number of thiol groups is 2. The SMILES string of the molecule is C=CC(=O)NC1CCCC1/C=C1\NC(=O)N(c2ccc(OS)cc2C)c2ccnc(S)c21. The average molecular weight is 469 g/mol. The van der Waals surface area contributed by atoms with Crippen molar-refractivity contribution in [1.82, 2.24) is 15.6 Å². The summed E-state index contributed by atoms with van der Waals surface area (Å²) in [7, 11) is 0. The maximum absolute atomic E-state index is 13.3. The predicted octanol–water partition coefficient (Wildman–Crippen LogP) is 4.58. The molecule has 1 saturated carbocycles. The molecule has 1 aliphatic carbocycles. The molecule has 7 nitrogen and oxygen atoms in total. The summed E-state index contributed by atoms with van der Waals surface area (Å²) in [5.41, 5.74) is 3.65. The summed E-state index contributed by atoms with van der Waals surface area (Å²) in [4.78, 5) is 31.0. The Balaban J connectivity index is 1.75. The minimum absolute atomic E-state index is 0.0116. The maximum Gasteiger partial charge on any atom is 0.330 e. The highest BCUT2D eigenvalue weighted by molar-refractivity contribution is 7.80. The van der Waals surface area contributed by atoms with Crippen LogP contribution in [0.3, 0.4) is 0 Å². The van der Waals surface area contributed by atoms with E-state index in [-0.39, 0.29) is 23.9 Å². The highest BCUT2D eigenvalue weighted by Gasteiger charge is 2.33. The number of anilines is 2. The van der Waals surface area contributed by atoms with Gasteiger partial charge in [-0.2, -0.15) is 0 Å². The van der Waals surface area contributed by atoms with Crippen LogP contribution < -0.4 is 19.7 Å². The van der Waals surface area contributed by atoms with Crippen LogP contribution in [0.1, 0.15) is 30.4 Å². The summed E-state index contributed by atoms with van der Waals surface area (Å²) in [6.45, 7) is 5.43. The standard InChI is InChI=1S/C23H24N4O3S2/c1-3-20(28)25-16-6-4-5-14(16)12-17-21-19(9-10-24-22(21)31)27(23(29)26-17)18-8-7-15(30-32)11-13(18)2/h3,7-12,14,16,32H,1,4-6H2,2H3,(H,24,31)(H,25,28)(H,26,29)/b17-12-. The van der Waals surface area contributed by atoms with Crippen molar-refractivity contribution in [2.24, 2.45) is 5.92 Å². The maximum atomic E-state index is 13.3. The first-order valence-electron chi connectivity index (χ1n) is 10.3. The molecule has 0 bridgehead atoms. The molecule has 32 heavy (non-hydrogen) atoms. The summed E-state index contributed by atoms with van der Waals surface area (Å²) in [5.74, 6) is 0.474. The van der Waals surface area contributed by atoms with E-state index < -0.39 is 0 Å². The lowest BCUT2D eigenvalue weighted by Gasteiger charge is -2.33. The van der Waals surface area contributed by atoms with Gasteiger partial charge in [-0.25, -0.2) is 9.78 Å². The number of pyridine rings is 1. The first-order valence-corrected chi connectivity index (χ1v) is 11.1. The Morgan fingerprint density at radius 2 is 2.16 bits per heavy atom. The number of hydrogen-bond donors (Lipinski definition) is 4. The van der Waals surface area contributed by atoms with Gasteiger partial charge in [-0.1, -0.05) is 19.1 Å². The molecule has 9 heteroatoms. The van der Waals surface area contributed by atoms with Crippen molar-refractivity contribution in [2.75, 3.05) is 4.90 Å². The first-order chi connectivity index (χ1) is 15.4. The monoisotopic (exact) mass is 468 g/mol. The molecule has 1 aliphatic heterocycles. The van der Waals surface area contributed by atoms with E-state index in [0.717, 1.165) is 30.4 Å². The zero-order valence-electron chi connectivity index (χ0n) is 17.5. The third-order valence-corrected chi connectivity index (χ3v) is 6.39. The zero-order chi connectivity index (χ0) is 22.8. The van der Waals surface area contributed by atoms with E-state index in [1.165, 1.54) is 6.08 Å².